The highest BCUT2D eigenvalue weighted by molar-refractivity contribution is 5.91. The zero-order valence-corrected chi connectivity index (χ0v) is 13.5. The molecule has 7 heteroatoms. The summed E-state index contributed by atoms with van der Waals surface area (Å²) in [6.07, 6.45) is -0.297. The largest absolute Gasteiger partial charge is 0.491 e. The standard InChI is InChI=1S/C18H19NO6/c20-9-4-10-24-16-11-14(17(21)22)7-8-15(16)19-18(23)25-12-13-5-2-1-3-6-13/h1-3,5-8,11,20H,4,9-10,12H2,(H,19,23)(H,21,22). The summed E-state index contributed by atoms with van der Waals surface area (Å²) in [5, 5.41) is 20.4. The van der Waals surface area contributed by atoms with Crippen LogP contribution >= 0.6 is 0 Å². The lowest BCUT2D eigenvalue weighted by atomic mass is 10.2. The zero-order valence-electron chi connectivity index (χ0n) is 13.5. The number of benzene rings is 2. The Morgan fingerprint density at radius 1 is 1.08 bits per heavy atom. The van der Waals surface area contributed by atoms with Crippen molar-refractivity contribution < 1.29 is 29.3 Å². The van der Waals surface area contributed by atoms with Crippen molar-refractivity contribution in [2.24, 2.45) is 0 Å². The second kappa shape index (κ2) is 9.29. The lowest BCUT2D eigenvalue weighted by molar-refractivity contribution is 0.0696. The molecule has 2 aromatic rings. The van der Waals surface area contributed by atoms with Crippen LogP contribution in [0.15, 0.2) is 48.5 Å². The van der Waals surface area contributed by atoms with Crippen molar-refractivity contribution in [1.29, 1.82) is 0 Å². The number of rotatable bonds is 8. The van der Waals surface area contributed by atoms with Crippen molar-refractivity contribution in [3.05, 3.63) is 59.7 Å². The average molecular weight is 345 g/mol. The predicted octanol–water partition coefficient (Wildman–Crippen LogP) is 2.89. The van der Waals surface area contributed by atoms with E-state index in [0.29, 0.717) is 12.1 Å². The topological polar surface area (TPSA) is 105 Å². The number of ether oxygens (including phenoxy) is 2. The van der Waals surface area contributed by atoms with Gasteiger partial charge in [-0.25, -0.2) is 9.59 Å². The molecule has 0 unspecified atom stereocenters. The van der Waals surface area contributed by atoms with Gasteiger partial charge in [-0.05, 0) is 23.8 Å². The van der Waals surface area contributed by atoms with Crippen LogP contribution in [0.2, 0.25) is 0 Å². The summed E-state index contributed by atoms with van der Waals surface area (Å²) >= 11 is 0. The Labute approximate surface area is 144 Å². The molecule has 1 amide bonds. The highest BCUT2D eigenvalue weighted by atomic mass is 16.5. The molecule has 7 nitrogen and oxygen atoms in total. The molecule has 0 bridgehead atoms. The molecule has 0 aliphatic rings. The third kappa shape index (κ3) is 5.82. The highest BCUT2D eigenvalue weighted by Crippen LogP contribution is 2.26. The molecular formula is C18H19NO6. The van der Waals surface area contributed by atoms with E-state index in [1.807, 2.05) is 30.3 Å². The SMILES string of the molecule is O=C(Nc1ccc(C(=O)O)cc1OCCCO)OCc1ccccc1. The van der Waals surface area contributed by atoms with E-state index in [0.717, 1.165) is 5.56 Å². The van der Waals surface area contributed by atoms with Gasteiger partial charge in [0.2, 0.25) is 0 Å². The molecule has 2 aromatic carbocycles. The van der Waals surface area contributed by atoms with E-state index < -0.39 is 12.1 Å². The first-order valence-corrected chi connectivity index (χ1v) is 7.69. The fraction of sp³-hybridized carbons (Fsp3) is 0.222. The van der Waals surface area contributed by atoms with Crippen LogP contribution in [0.25, 0.3) is 0 Å². The minimum atomic E-state index is -1.11. The Balaban J connectivity index is 2.03. The molecule has 132 valence electrons. The highest BCUT2D eigenvalue weighted by Gasteiger charge is 2.13. The number of carboxylic acids is 1. The van der Waals surface area contributed by atoms with Crippen molar-refractivity contribution in [3.63, 3.8) is 0 Å². The van der Waals surface area contributed by atoms with Crippen LogP contribution in [0, 0.1) is 0 Å². The Kier molecular flexibility index (Phi) is 6.79. The molecule has 3 N–H and O–H groups in total. The number of amides is 1. The predicted molar refractivity (Wildman–Crippen MR) is 90.8 cm³/mol. The van der Waals surface area contributed by atoms with Crippen LogP contribution in [-0.4, -0.2) is 35.5 Å². The van der Waals surface area contributed by atoms with Crippen molar-refractivity contribution >= 4 is 17.7 Å². The van der Waals surface area contributed by atoms with Gasteiger partial charge in [-0.2, -0.15) is 0 Å². The number of anilines is 1. The Morgan fingerprint density at radius 2 is 1.84 bits per heavy atom. The van der Waals surface area contributed by atoms with E-state index in [9.17, 15) is 9.59 Å². The summed E-state index contributed by atoms with van der Waals surface area (Å²) < 4.78 is 10.6. The van der Waals surface area contributed by atoms with Crippen molar-refractivity contribution in [2.75, 3.05) is 18.5 Å². The van der Waals surface area contributed by atoms with E-state index in [2.05, 4.69) is 5.32 Å². The number of carbonyl (C=O) groups is 2. The van der Waals surface area contributed by atoms with Crippen LogP contribution in [0.3, 0.4) is 0 Å². The fourth-order valence-corrected chi connectivity index (χ4v) is 1.99. The second-order valence-electron chi connectivity index (χ2n) is 5.13. The number of hydrogen-bond donors (Lipinski definition) is 3. The number of aliphatic hydroxyl groups excluding tert-OH is 1. The van der Waals surface area contributed by atoms with Crippen LogP contribution in [0.1, 0.15) is 22.3 Å². The molecule has 0 fully saturated rings. The lowest BCUT2D eigenvalue weighted by Crippen LogP contribution is -2.15. The molecular weight excluding hydrogens is 326 g/mol. The smallest absolute Gasteiger partial charge is 0.412 e. The monoisotopic (exact) mass is 345 g/mol. The average Bonchev–Trinajstić information content (AvgIpc) is 2.62. The summed E-state index contributed by atoms with van der Waals surface area (Å²) in [6, 6.07) is 13.3. The minimum Gasteiger partial charge on any atom is -0.491 e. The van der Waals surface area contributed by atoms with Gasteiger partial charge in [0, 0.05) is 13.0 Å². The van der Waals surface area contributed by atoms with Gasteiger partial charge in [-0.15, -0.1) is 0 Å². The first kappa shape index (κ1) is 18.3. The van der Waals surface area contributed by atoms with Crippen LogP contribution in [-0.2, 0) is 11.3 Å². The van der Waals surface area contributed by atoms with Gasteiger partial charge >= 0.3 is 12.1 Å². The third-order valence-electron chi connectivity index (χ3n) is 3.24. The van der Waals surface area contributed by atoms with Gasteiger partial charge in [0.25, 0.3) is 0 Å². The summed E-state index contributed by atoms with van der Waals surface area (Å²) in [5.74, 6) is -0.907. The van der Waals surface area contributed by atoms with Gasteiger partial charge in [-0.1, -0.05) is 30.3 Å². The minimum absolute atomic E-state index is 0.0298. The number of nitrogens with one attached hydrogen (secondary N) is 1. The van der Waals surface area contributed by atoms with Crippen LogP contribution in [0.5, 0.6) is 5.75 Å². The molecule has 0 heterocycles. The second-order valence-corrected chi connectivity index (χ2v) is 5.13. The molecule has 0 saturated carbocycles. The molecule has 0 aliphatic heterocycles. The Hall–Kier alpha value is -3.06. The number of carbonyl (C=O) groups excluding carboxylic acids is 1. The van der Waals surface area contributed by atoms with Crippen molar-refractivity contribution in [3.8, 4) is 5.75 Å². The molecule has 2 rings (SSSR count). The number of carboxylic acid groups (broad SMARTS) is 1. The zero-order chi connectivity index (χ0) is 18.1. The lowest BCUT2D eigenvalue weighted by Gasteiger charge is -2.13. The van der Waals surface area contributed by atoms with E-state index in [4.69, 9.17) is 19.7 Å². The van der Waals surface area contributed by atoms with Crippen molar-refractivity contribution in [1.82, 2.24) is 0 Å². The fourth-order valence-electron chi connectivity index (χ4n) is 1.99. The number of hydrogen-bond acceptors (Lipinski definition) is 5. The van der Waals surface area contributed by atoms with E-state index in [1.54, 1.807) is 0 Å². The Bertz CT molecular complexity index is 717. The van der Waals surface area contributed by atoms with Gasteiger partial charge in [-0.3, -0.25) is 5.32 Å². The maximum Gasteiger partial charge on any atom is 0.412 e. The quantitative estimate of drug-likeness (QED) is 0.635. The van der Waals surface area contributed by atoms with Crippen LogP contribution < -0.4 is 10.1 Å². The van der Waals surface area contributed by atoms with Gasteiger partial charge < -0.3 is 19.7 Å². The van der Waals surface area contributed by atoms with Gasteiger partial charge in [0.05, 0.1) is 17.9 Å². The molecule has 0 atom stereocenters. The van der Waals surface area contributed by atoms with E-state index in [1.165, 1.54) is 18.2 Å². The first-order chi connectivity index (χ1) is 12.1. The van der Waals surface area contributed by atoms with Gasteiger partial charge in [0.1, 0.15) is 12.4 Å². The summed E-state index contributed by atoms with van der Waals surface area (Å²) in [6.45, 7) is 0.244. The maximum absolute atomic E-state index is 11.9. The van der Waals surface area contributed by atoms with E-state index in [-0.39, 0.29) is 31.1 Å². The third-order valence-corrected chi connectivity index (χ3v) is 3.24. The number of aliphatic hydroxyl groups is 1. The maximum atomic E-state index is 11.9. The van der Waals surface area contributed by atoms with Crippen molar-refractivity contribution in [2.45, 2.75) is 13.0 Å². The molecule has 0 radical (unpaired) electrons. The molecule has 0 aromatic heterocycles. The summed E-state index contributed by atoms with van der Waals surface area (Å²) in [5.41, 5.74) is 1.17. The number of aromatic carboxylic acids is 1. The van der Waals surface area contributed by atoms with Gasteiger partial charge in [0.15, 0.2) is 0 Å². The summed E-state index contributed by atoms with van der Waals surface area (Å²) in [7, 11) is 0. The molecule has 0 saturated heterocycles. The summed E-state index contributed by atoms with van der Waals surface area (Å²) in [4.78, 5) is 23.0. The Morgan fingerprint density at radius 3 is 2.52 bits per heavy atom. The molecule has 0 aliphatic carbocycles. The normalized spacial score (nSPS) is 10.1. The van der Waals surface area contributed by atoms with E-state index >= 15 is 0 Å². The molecule has 25 heavy (non-hydrogen) atoms. The molecule has 0 spiro atoms. The first-order valence-electron chi connectivity index (χ1n) is 7.69. The van der Waals surface area contributed by atoms with Crippen LogP contribution in [0.4, 0.5) is 10.5 Å².